The first kappa shape index (κ1) is 26.6. The largest absolute Gasteiger partial charge is 0.477 e. The second kappa shape index (κ2) is 12.7. The highest BCUT2D eigenvalue weighted by atomic mass is 32.1. The highest BCUT2D eigenvalue weighted by molar-refractivity contribution is 7.14. The molecule has 0 aliphatic heterocycles. The molecule has 0 spiro atoms. The summed E-state index contributed by atoms with van der Waals surface area (Å²) in [6, 6.07) is 38.9. The van der Waals surface area contributed by atoms with Gasteiger partial charge in [-0.05, 0) is 90.5 Å². The van der Waals surface area contributed by atoms with Gasteiger partial charge in [-0.2, -0.15) is 5.26 Å². The predicted octanol–water partition coefficient (Wildman–Crippen LogP) is 9.61. The highest BCUT2D eigenvalue weighted by Crippen LogP contribution is 2.34. The number of hydrogen-bond acceptors (Lipinski definition) is 5. The Bertz CT molecular complexity index is 1680. The van der Waals surface area contributed by atoms with Crippen LogP contribution in [0.2, 0.25) is 0 Å². The normalized spacial score (nSPS) is 11.6. The Hall–Kier alpha value is -4.96. The van der Waals surface area contributed by atoms with Crippen molar-refractivity contribution in [2.75, 3.05) is 4.90 Å². The first-order valence-electron chi connectivity index (χ1n) is 12.5. The average Bonchev–Trinajstić information content (AvgIpc) is 3.65. The fourth-order valence-corrected chi connectivity index (χ4v) is 5.72. The van der Waals surface area contributed by atoms with Crippen LogP contribution < -0.4 is 4.90 Å². The van der Waals surface area contributed by atoms with E-state index >= 15 is 0 Å². The SMILES string of the molecule is N#C/C(=C\c1ccc(/C=C/c2ccc(/C=C/c3ccc(N(c4ccccc4)c4ccccc4)cc3)s2)s1)C(=O)O. The topological polar surface area (TPSA) is 64.3 Å². The number of nitriles is 1. The van der Waals surface area contributed by atoms with E-state index in [2.05, 4.69) is 102 Å². The van der Waals surface area contributed by atoms with Crippen LogP contribution >= 0.6 is 22.7 Å². The Morgan fingerprint density at radius 2 is 1.07 bits per heavy atom. The maximum absolute atomic E-state index is 11.0. The Kier molecular flexibility index (Phi) is 8.47. The molecular formula is C34H24N2O2S2. The number of para-hydroxylation sites is 2. The summed E-state index contributed by atoms with van der Waals surface area (Å²) < 4.78 is 0. The molecule has 5 rings (SSSR count). The van der Waals surface area contributed by atoms with Crippen LogP contribution in [0, 0.1) is 11.3 Å². The lowest BCUT2D eigenvalue weighted by atomic mass is 10.1. The molecule has 0 aliphatic carbocycles. The van der Waals surface area contributed by atoms with Gasteiger partial charge in [0.15, 0.2) is 0 Å². The van der Waals surface area contributed by atoms with E-state index in [-0.39, 0.29) is 5.57 Å². The van der Waals surface area contributed by atoms with Crippen LogP contribution in [-0.4, -0.2) is 11.1 Å². The van der Waals surface area contributed by atoms with E-state index < -0.39 is 5.97 Å². The van der Waals surface area contributed by atoms with Gasteiger partial charge in [-0.15, -0.1) is 22.7 Å². The molecule has 4 nitrogen and oxygen atoms in total. The maximum atomic E-state index is 11.0. The maximum Gasteiger partial charge on any atom is 0.346 e. The molecule has 0 bridgehead atoms. The van der Waals surface area contributed by atoms with Crippen LogP contribution in [0.15, 0.2) is 115 Å². The Balaban J connectivity index is 1.26. The predicted molar refractivity (Wildman–Crippen MR) is 169 cm³/mol. The van der Waals surface area contributed by atoms with Crippen LogP contribution in [0.25, 0.3) is 30.4 Å². The van der Waals surface area contributed by atoms with Crippen LogP contribution in [0.5, 0.6) is 0 Å². The summed E-state index contributed by atoms with van der Waals surface area (Å²) in [6.07, 6.45) is 9.67. The van der Waals surface area contributed by atoms with Gasteiger partial charge in [0.05, 0.1) is 0 Å². The standard InChI is InChI=1S/C34H24N2O2S2/c35-24-26(34(37)38)23-33-22-21-32(40-33)20-19-31-18-17-30(39-31)16-13-25-11-14-29(15-12-25)36(27-7-3-1-4-8-27)28-9-5-2-6-10-28/h1-23H,(H,37,38)/b16-13+,20-19+,26-23+. The third-order valence-electron chi connectivity index (χ3n) is 5.96. The van der Waals surface area contributed by atoms with Gasteiger partial charge < -0.3 is 10.0 Å². The summed E-state index contributed by atoms with van der Waals surface area (Å²) in [5, 5.41) is 18.0. The molecule has 0 atom stereocenters. The molecule has 40 heavy (non-hydrogen) atoms. The molecule has 0 saturated carbocycles. The molecule has 2 aromatic heterocycles. The summed E-state index contributed by atoms with van der Waals surface area (Å²) >= 11 is 3.13. The number of anilines is 3. The fourth-order valence-electron chi connectivity index (χ4n) is 4.05. The molecular weight excluding hydrogens is 533 g/mol. The molecule has 3 aromatic carbocycles. The van der Waals surface area contributed by atoms with Gasteiger partial charge in [-0.1, -0.05) is 54.6 Å². The van der Waals surface area contributed by atoms with Gasteiger partial charge in [0.1, 0.15) is 11.6 Å². The van der Waals surface area contributed by atoms with Crippen LogP contribution in [-0.2, 0) is 4.79 Å². The van der Waals surface area contributed by atoms with Crippen LogP contribution in [0.1, 0.15) is 25.1 Å². The van der Waals surface area contributed by atoms with Gasteiger partial charge >= 0.3 is 5.97 Å². The van der Waals surface area contributed by atoms with E-state index in [0.717, 1.165) is 42.1 Å². The van der Waals surface area contributed by atoms with Gasteiger partial charge in [-0.3, -0.25) is 0 Å². The quantitative estimate of drug-likeness (QED) is 0.145. The number of carboxylic acid groups (broad SMARTS) is 1. The minimum Gasteiger partial charge on any atom is -0.477 e. The van der Waals surface area contributed by atoms with Crippen molar-refractivity contribution in [2.24, 2.45) is 0 Å². The zero-order valence-corrected chi connectivity index (χ0v) is 23.0. The smallest absolute Gasteiger partial charge is 0.346 e. The van der Waals surface area contributed by atoms with Crippen molar-refractivity contribution < 1.29 is 9.90 Å². The Morgan fingerprint density at radius 1 is 0.625 bits per heavy atom. The molecule has 0 fully saturated rings. The summed E-state index contributed by atoms with van der Waals surface area (Å²) in [7, 11) is 0. The molecule has 0 amide bonds. The third-order valence-corrected chi connectivity index (χ3v) is 7.98. The van der Waals surface area contributed by atoms with Crippen molar-refractivity contribution in [1.82, 2.24) is 0 Å². The minimum atomic E-state index is -1.22. The lowest BCUT2D eigenvalue weighted by Crippen LogP contribution is -2.09. The van der Waals surface area contributed by atoms with Crippen LogP contribution in [0.3, 0.4) is 0 Å². The molecule has 194 valence electrons. The highest BCUT2D eigenvalue weighted by Gasteiger charge is 2.11. The molecule has 1 N–H and O–H groups in total. The van der Waals surface area contributed by atoms with E-state index in [1.165, 1.54) is 17.4 Å². The summed E-state index contributed by atoms with van der Waals surface area (Å²) in [5.41, 5.74) is 4.16. The molecule has 6 heteroatoms. The number of rotatable bonds is 9. The summed E-state index contributed by atoms with van der Waals surface area (Å²) in [5.74, 6) is -1.22. The molecule has 0 radical (unpaired) electrons. The number of carboxylic acids is 1. The summed E-state index contributed by atoms with van der Waals surface area (Å²) in [4.78, 5) is 17.3. The van der Waals surface area contributed by atoms with Gasteiger partial charge in [0.2, 0.25) is 0 Å². The van der Waals surface area contributed by atoms with Crippen molar-refractivity contribution >= 4 is 76.1 Å². The fraction of sp³-hybridized carbons (Fsp3) is 0. The van der Waals surface area contributed by atoms with Gasteiger partial charge in [-0.25, -0.2) is 4.79 Å². The summed E-state index contributed by atoms with van der Waals surface area (Å²) in [6.45, 7) is 0. The Morgan fingerprint density at radius 3 is 1.57 bits per heavy atom. The number of hydrogen-bond donors (Lipinski definition) is 1. The van der Waals surface area contributed by atoms with Gasteiger partial charge in [0.25, 0.3) is 0 Å². The van der Waals surface area contributed by atoms with Crippen molar-refractivity contribution in [3.05, 3.63) is 140 Å². The number of aliphatic carboxylic acids is 1. The molecule has 0 saturated heterocycles. The number of carbonyl (C=O) groups is 1. The van der Waals surface area contributed by atoms with Crippen LogP contribution in [0.4, 0.5) is 17.1 Å². The molecule has 2 heterocycles. The third kappa shape index (κ3) is 6.72. The second-order valence-corrected chi connectivity index (χ2v) is 11.0. The second-order valence-electron chi connectivity index (χ2n) is 8.72. The zero-order chi connectivity index (χ0) is 27.7. The molecule has 5 aromatic rings. The van der Waals surface area contributed by atoms with Gasteiger partial charge in [0, 0.05) is 36.6 Å². The van der Waals surface area contributed by atoms with Crippen molar-refractivity contribution in [2.45, 2.75) is 0 Å². The van der Waals surface area contributed by atoms with E-state index in [0.29, 0.717) is 0 Å². The average molecular weight is 557 g/mol. The molecule has 0 aliphatic rings. The van der Waals surface area contributed by atoms with E-state index in [1.54, 1.807) is 17.4 Å². The first-order valence-corrected chi connectivity index (χ1v) is 14.1. The zero-order valence-electron chi connectivity index (χ0n) is 21.3. The monoisotopic (exact) mass is 556 g/mol. The van der Waals surface area contributed by atoms with E-state index in [4.69, 9.17) is 10.4 Å². The minimum absolute atomic E-state index is 0.272. The van der Waals surface area contributed by atoms with Crippen molar-refractivity contribution in [3.8, 4) is 6.07 Å². The lowest BCUT2D eigenvalue weighted by Gasteiger charge is -2.25. The van der Waals surface area contributed by atoms with E-state index in [1.807, 2.05) is 36.4 Å². The lowest BCUT2D eigenvalue weighted by molar-refractivity contribution is -0.132. The number of benzene rings is 3. The first-order chi connectivity index (χ1) is 19.6. The van der Waals surface area contributed by atoms with Crippen molar-refractivity contribution in [1.29, 1.82) is 5.26 Å². The number of nitrogens with zero attached hydrogens (tertiary/aromatic N) is 2. The van der Waals surface area contributed by atoms with E-state index in [9.17, 15) is 4.79 Å². The Labute approximate surface area is 241 Å². The van der Waals surface area contributed by atoms with Crippen molar-refractivity contribution in [3.63, 3.8) is 0 Å². The number of thiophene rings is 2. The molecule has 0 unspecified atom stereocenters.